The van der Waals surface area contributed by atoms with Crippen molar-refractivity contribution in [2.75, 3.05) is 19.6 Å². The minimum atomic E-state index is -0.135. The van der Waals surface area contributed by atoms with Crippen LogP contribution in [0.3, 0.4) is 0 Å². The minimum absolute atomic E-state index is 0.00114. The number of nitrogens with zero attached hydrogens (tertiary/aromatic N) is 1. The van der Waals surface area contributed by atoms with Crippen LogP contribution in [0.25, 0.3) is 0 Å². The van der Waals surface area contributed by atoms with E-state index in [0.29, 0.717) is 25.9 Å². The highest BCUT2D eigenvalue weighted by Crippen LogP contribution is 2.16. The van der Waals surface area contributed by atoms with Gasteiger partial charge in [-0.15, -0.1) is 0 Å². The average Bonchev–Trinajstić information content (AvgIpc) is 2.45. The van der Waals surface area contributed by atoms with Gasteiger partial charge in [0.2, 0.25) is 11.8 Å². The molecule has 0 saturated carbocycles. The van der Waals surface area contributed by atoms with Crippen molar-refractivity contribution in [3.8, 4) is 0 Å². The number of rotatable bonds is 4. The van der Waals surface area contributed by atoms with Crippen molar-refractivity contribution in [2.45, 2.75) is 18.9 Å². The molecule has 0 aliphatic carbocycles. The van der Waals surface area contributed by atoms with Gasteiger partial charge in [0, 0.05) is 25.6 Å². The highest BCUT2D eigenvalue weighted by Gasteiger charge is 2.21. The molecule has 3 N–H and O–H groups in total. The van der Waals surface area contributed by atoms with Crippen LogP contribution in [0.4, 0.5) is 0 Å². The normalized spacial score (nSPS) is 16.9. The van der Waals surface area contributed by atoms with Crippen LogP contribution in [0, 0.1) is 0 Å². The van der Waals surface area contributed by atoms with Crippen molar-refractivity contribution < 1.29 is 9.59 Å². The molecule has 0 aromatic heterocycles. The standard InChI is InChI=1S/C14H19N3O2/c15-12(11-4-2-1-3-5-11)6-7-14(19)17-9-8-16-13(18)10-17/h1-5,12H,6-10,15H2,(H,16,18). The van der Waals surface area contributed by atoms with Gasteiger partial charge >= 0.3 is 0 Å². The molecule has 19 heavy (non-hydrogen) atoms. The Morgan fingerprint density at radius 3 is 2.79 bits per heavy atom. The van der Waals surface area contributed by atoms with E-state index in [9.17, 15) is 9.59 Å². The molecule has 1 aromatic carbocycles. The van der Waals surface area contributed by atoms with Gasteiger partial charge in [0.1, 0.15) is 0 Å². The summed E-state index contributed by atoms with van der Waals surface area (Å²) in [5, 5.41) is 2.70. The van der Waals surface area contributed by atoms with Crippen molar-refractivity contribution in [1.29, 1.82) is 0 Å². The molecular formula is C14H19N3O2. The molecule has 0 radical (unpaired) electrons. The number of amides is 2. The lowest BCUT2D eigenvalue weighted by atomic mass is 10.0. The average molecular weight is 261 g/mol. The van der Waals surface area contributed by atoms with E-state index < -0.39 is 0 Å². The third-order valence-electron chi connectivity index (χ3n) is 3.29. The fraction of sp³-hybridized carbons (Fsp3) is 0.429. The summed E-state index contributed by atoms with van der Waals surface area (Å²) < 4.78 is 0. The number of carbonyl (C=O) groups is 2. The molecule has 1 aliphatic heterocycles. The van der Waals surface area contributed by atoms with Gasteiger partial charge in [-0.3, -0.25) is 9.59 Å². The molecule has 1 atom stereocenters. The Bertz CT molecular complexity index is 447. The summed E-state index contributed by atoms with van der Waals surface area (Å²) in [5.74, 6) is -0.0896. The van der Waals surface area contributed by atoms with E-state index >= 15 is 0 Å². The van der Waals surface area contributed by atoms with E-state index in [0.717, 1.165) is 5.56 Å². The zero-order valence-corrected chi connectivity index (χ0v) is 10.8. The van der Waals surface area contributed by atoms with Crippen LogP contribution in [0.15, 0.2) is 30.3 Å². The lowest BCUT2D eigenvalue weighted by molar-refractivity contribution is -0.138. The molecule has 1 aromatic rings. The SMILES string of the molecule is NC(CCC(=O)N1CCNC(=O)C1)c1ccccc1. The number of benzene rings is 1. The largest absolute Gasteiger partial charge is 0.353 e. The number of hydrogen-bond acceptors (Lipinski definition) is 3. The summed E-state index contributed by atoms with van der Waals surface area (Å²) in [7, 11) is 0. The molecule has 5 nitrogen and oxygen atoms in total. The Kier molecular flexibility index (Phi) is 4.52. The van der Waals surface area contributed by atoms with Crippen LogP contribution in [-0.2, 0) is 9.59 Å². The monoisotopic (exact) mass is 261 g/mol. The number of carbonyl (C=O) groups excluding carboxylic acids is 2. The van der Waals surface area contributed by atoms with Gasteiger partial charge < -0.3 is 16.0 Å². The summed E-state index contributed by atoms with van der Waals surface area (Å²) in [5.41, 5.74) is 7.08. The maximum atomic E-state index is 12.0. The Hall–Kier alpha value is -1.88. The van der Waals surface area contributed by atoms with Crippen LogP contribution in [0.1, 0.15) is 24.4 Å². The van der Waals surface area contributed by atoms with Crippen molar-refractivity contribution in [3.05, 3.63) is 35.9 Å². The fourth-order valence-electron chi connectivity index (χ4n) is 2.16. The zero-order chi connectivity index (χ0) is 13.7. The van der Waals surface area contributed by atoms with Crippen LogP contribution in [0.2, 0.25) is 0 Å². The predicted octanol–water partition coefficient (Wildman–Crippen LogP) is 0.425. The van der Waals surface area contributed by atoms with Crippen LogP contribution < -0.4 is 11.1 Å². The van der Waals surface area contributed by atoms with Gasteiger partial charge in [-0.1, -0.05) is 30.3 Å². The summed E-state index contributed by atoms with van der Waals surface area (Å²) >= 11 is 0. The summed E-state index contributed by atoms with van der Waals surface area (Å²) in [6.45, 7) is 1.29. The second kappa shape index (κ2) is 6.33. The van der Waals surface area contributed by atoms with E-state index in [-0.39, 0.29) is 24.4 Å². The second-order valence-corrected chi connectivity index (χ2v) is 4.72. The van der Waals surface area contributed by atoms with Crippen LogP contribution in [-0.4, -0.2) is 36.3 Å². The lowest BCUT2D eigenvalue weighted by Crippen LogP contribution is -2.50. The first-order chi connectivity index (χ1) is 9.16. The van der Waals surface area contributed by atoms with Gasteiger partial charge in [0.05, 0.1) is 6.54 Å². The van der Waals surface area contributed by atoms with Crippen molar-refractivity contribution in [3.63, 3.8) is 0 Å². The molecular weight excluding hydrogens is 242 g/mol. The number of nitrogens with two attached hydrogens (primary N) is 1. The summed E-state index contributed by atoms with van der Waals surface area (Å²) in [6, 6.07) is 9.60. The van der Waals surface area contributed by atoms with Gasteiger partial charge in [0.25, 0.3) is 0 Å². The third-order valence-corrected chi connectivity index (χ3v) is 3.29. The van der Waals surface area contributed by atoms with E-state index in [1.165, 1.54) is 0 Å². The Morgan fingerprint density at radius 1 is 1.37 bits per heavy atom. The second-order valence-electron chi connectivity index (χ2n) is 4.72. The summed E-state index contributed by atoms with van der Waals surface area (Å²) in [6.07, 6.45) is 0.976. The molecule has 1 fully saturated rings. The lowest BCUT2D eigenvalue weighted by Gasteiger charge is -2.27. The maximum absolute atomic E-state index is 12.0. The van der Waals surface area contributed by atoms with Crippen LogP contribution in [0.5, 0.6) is 0 Å². The molecule has 1 aliphatic rings. The first-order valence-corrected chi connectivity index (χ1v) is 6.52. The molecule has 1 unspecified atom stereocenters. The molecule has 102 valence electrons. The Morgan fingerprint density at radius 2 is 2.11 bits per heavy atom. The van der Waals surface area contributed by atoms with Gasteiger partial charge in [0.15, 0.2) is 0 Å². The smallest absolute Gasteiger partial charge is 0.239 e. The third kappa shape index (κ3) is 3.79. The Labute approximate surface area is 112 Å². The van der Waals surface area contributed by atoms with E-state index in [2.05, 4.69) is 5.32 Å². The predicted molar refractivity (Wildman–Crippen MR) is 72.2 cm³/mol. The van der Waals surface area contributed by atoms with Crippen LogP contribution >= 0.6 is 0 Å². The molecule has 1 heterocycles. The quantitative estimate of drug-likeness (QED) is 0.825. The molecule has 2 amide bonds. The van der Waals surface area contributed by atoms with Crippen molar-refractivity contribution >= 4 is 11.8 Å². The van der Waals surface area contributed by atoms with E-state index in [4.69, 9.17) is 5.73 Å². The molecule has 0 spiro atoms. The highest BCUT2D eigenvalue weighted by molar-refractivity contribution is 5.85. The molecule has 0 bridgehead atoms. The van der Waals surface area contributed by atoms with E-state index in [1.807, 2.05) is 30.3 Å². The number of piperazine rings is 1. The van der Waals surface area contributed by atoms with E-state index in [1.54, 1.807) is 4.90 Å². The zero-order valence-electron chi connectivity index (χ0n) is 10.8. The van der Waals surface area contributed by atoms with Gasteiger partial charge in [-0.05, 0) is 12.0 Å². The molecule has 2 rings (SSSR count). The first-order valence-electron chi connectivity index (χ1n) is 6.52. The fourth-order valence-corrected chi connectivity index (χ4v) is 2.16. The minimum Gasteiger partial charge on any atom is -0.353 e. The number of hydrogen-bond donors (Lipinski definition) is 2. The molecule has 1 saturated heterocycles. The summed E-state index contributed by atoms with van der Waals surface area (Å²) in [4.78, 5) is 24.8. The highest BCUT2D eigenvalue weighted by atomic mass is 16.2. The van der Waals surface area contributed by atoms with Crippen molar-refractivity contribution in [1.82, 2.24) is 10.2 Å². The maximum Gasteiger partial charge on any atom is 0.239 e. The number of nitrogens with one attached hydrogen (secondary N) is 1. The Balaban J connectivity index is 1.81. The first kappa shape index (κ1) is 13.5. The van der Waals surface area contributed by atoms with Gasteiger partial charge in [-0.2, -0.15) is 0 Å². The van der Waals surface area contributed by atoms with Gasteiger partial charge in [-0.25, -0.2) is 0 Å². The van der Waals surface area contributed by atoms with Crippen molar-refractivity contribution in [2.24, 2.45) is 5.73 Å². The molecule has 5 heteroatoms. The topological polar surface area (TPSA) is 75.4 Å².